The van der Waals surface area contributed by atoms with E-state index in [0.29, 0.717) is 37.1 Å². The number of amides is 2. The van der Waals surface area contributed by atoms with E-state index in [4.69, 9.17) is 18.7 Å². The van der Waals surface area contributed by atoms with Gasteiger partial charge in [0, 0.05) is 47.9 Å². The highest BCUT2D eigenvalue weighted by atomic mass is 16.6. The Labute approximate surface area is 228 Å². The van der Waals surface area contributed by atoms with E-state index in [1.807, 2.05) is 57.2 Å². The smallest absolute Gasteiger partial charge is 0.324 e. The van der Waals surface area contributed by atoms with E-state index in [0.717, 1.165) is 36.5 Å². The predicted molar refractivity (Wildman–Crippen MR) is 148 cm³/mol. The number of urea groups is 1. The number of benzene rings is 2. The van der Waals surface area contributed by atoms with Crippen molar-refractivity contribution in [3.8, 4) is 17.6 Å². The minimum absolute atomic E-state index is 0.185. The lowest BCUT2D eigenvalue weighted by Gasteiger charge is -2.24. The van der Waals surface area contributed by atoms with Gasteiger partial charge in [-0.25, -0.2) is 4.79 Å². The van der Waals surface area contributed by atoms with Crippen molar-refractivity contribution in [3.63, 3.8) is 0 Å². The highest BCUT2D eigenvalue weighted by Crippen LogP contribution is 2.24. The summed E-state index contributed by atoms with van der Waals surface area (Å²) in [6.07, 6.45) is 0.381. The second-order valence-electron chi connectivity index (χ2n) is 10.7. The van der Waals surface area contributed by atoms with Crippen molar-refractivity contribution < 1.29 is 23.5 Å². The van der Waals surface area contributed by atoms with Crippen LogP contribution in [0.5, 0.6) is 5.75 Å². The van der Waals surface area contributed by atoms with Crippen molar-refractivity contribution in [1.29, 1.82) is 0 Å². The number of aromatic nitrogens is 1. The molecule has 0 aliphatic carbocycles. The molecule has 2 unspecified atom stereocenters. The van der Waals surface area contributed by atoms with Gasteiger partial charge >= 0.3 is 6.03 Å². The van der Waals surface area contributed by atoms with Gasteiger partial charge in [-0.2, -0.15) is 0 Å². The molecule has 204 valence electrons. The van der Waals surface area contributed by atoms with Crippen molar-refractivity contribution >= 4 is 17.5 Å². The molecule has 0 saturated carbocycles. The predicted octanol–water partition coefficient (Wildman–Crippen LogP) is 4.49. The average Bonchev–Trinajstić information content (AvgIpc) is 3.56. The maximum atomic E-state index is 12.3. The molecule has 2 N–H and O–H groups in total. The van der Waals surface area contributed by atoms with Gasteiger partial charge in [0.1, 0.15) is 18.1 Å². The molecule has 9 heteroatoms. The van der Waals surface area contributed by atoms with Crippen LogP contribution in [0.15, 0.2) is 59.1 Å². The van der Waals surface area contributed by atoms with Crippen molar-refractivity contribution in [1.82, 2.24) is 10.1 Å². The maximum absolute atomic E-state index is 12.3. The number of hydrogen-bond donors (Lipinski definition) is 2. The van der Waals surface area contributed by atoms with Crippen molar-refractivity contribution in [2.24, 2.45) is 0 Å². The molecule has 2 atom stereocenters. The van der Waals surface area contributed by atoms with Crippen LogP contribution in [0.4, 0.5) is 16.3 Å². The van der Waals surface area contributed by atoms with Gasteiger partial charge in [0.25, 0.3) is 0 Å². The molecule has 2 aliphatic heterocycles. The number of carbonyl (C=O) groups is 1. The Balaban J connectivity index is 1.06. The molecule has 1 aromatic heterocycles. The van der Waals surface area contributed by atoms with Crippen LogP contribution in [0.3, 0.4) is 0 Å². The highest BCUT2D eigenvalue weighted by molar-refractivity contribution is 5.99. The molecule has 2 amide bonds. The summed E-state index contributed by atoms with van der Waals surface area (Å²) < 4.78 is 22.8. The Morgan fingerprint density at radius 1 is 0.974 bits per heavy atom. The molecule has 2 aliphatic rings. The lowest BCUT2D eigenvalue weighted by atomic mass is 9.93. The van der Waals surface area contributed by atoms with Gasteiger partial charge in [0.2, 0.25) is 0 Å². The average molecular weight is 531 g/mol. The number of nitrogens with one attached hydrogen (secondary N) is 2. The minimum Gasteiger partial charge on any atom is -0.492 e. The molecule has 3 aromatic rings. The third-order valence-corrected chi connectivity index (χ3v) is 6.55. The number of nitrogens with zero attached hydrogens (tertiary/aromatic N) is 2. The molecule has 2 fully saturated rings. The summed E-state index contributed by atoms with van der Waals surface area (Å²) >= 11 is 0. The van der Waals surface area contributed by atoms with E-state index in [-0.39, 0.29) is 17.6 Å². The van der Waals surface area contributed by atoms with Crippen LogP contribution in [0.1, 0.15) is 37.7 Å². The summed E-state index contributed by atoms with van der Waals surface area (Å²) in [5.41, 5.74) is 2.19. The van der Waals surface area contributed by atoms with E-state index >= 15 is 0 Å². The molecule has 2 aromatic carbocycles. The number of ether oxygens (including phenoxy) is 3. The highest BCUT2D eigenvalue weighted by Gasteiger charge is 2.36. The molecular formula is C30H34N4O5. The Morgan fingerprint density at radius 2 is 1.59 bits per heavy atom. The standard InChI is InChI=1S/C30H34N4O5/c1-30(2,3)27-18-28(33-39-27)32-29(35)31-23-10-6-21(7-11-23)4-5-22-8-12-24(13-9-22)36-15-14-34-19-25-26(20-34)38-17-16-37-25/h6-13,18,25-26H,14-17,19-20H2,1-3H3,(H2,31,32,33,35). The molecule has 39 heavy (non-hydrogen) atoms. The minimum atomic E-state index is -0.397. The van der Waals surface area contributed by atoms with E-state index in [2.05, 4.69) is 32.5 Å². The maximum Gasteiger partial charge on any atom is 0.324 e. The molecule has 0 spiro atoms. The quantitative estimate of drug-likeness (QED) is 0.453. The fourth-order valence-corrected chi connectivity index (χ4v) is 4.39. The third kappa shape index (κ3) is 7.39. The topological polar surface area (TPSA) is 98.1 Å². The van der Waals surface area contributed by atoms with Gasteiger partial charge in [-0.05, 0) is 48.5 Å². The fraction of sp³-hybridized carbons (Fsp3) is 0.400. The zero-order valence-corrected chi connectivity index (χ0v) is 22.5. The van der Waals surface area contributed by atoms with Gasteiger partial charge in [-0.3, -0.25) is 10.2 Å². The number of carbonyl (C=O) groups excluding carboxylic acids is 1. The Kier molecular flexibility index (Phi) is 8.17. The normalized spacial score (nSPS) is 19.1. The first kappa shape index (κ1) is 26.8. The van der Waals surface area contributed by atoms with Crippen LogP contribution in [0, 0.1) is 11.8 Å². The van der Waals surface area contributed by atoms with Gasteiger partial charge in [-0.1, -0.05) is 37.8 Å². The second kappa shape index (κ2) is 11.9. The lowest BCUT2D eigenvalue weighted by molar-refractivity contribution is -0.116. The summed E-state index contributed by atoms with van der Waals surface area (Å²) in [4.78, 5) is 14.6. The van der Waals surface area contributed by atoms with Crippen LogP contribution in [0.2, 0.25) is 0 Å². The number of rotatable bonds is 6. The van der Waals surface area contributed by atoms with E-state index in [1.165, 1.54) is 0 Å². The number of anilines is 2. The van der Waals surface area contributed by atoms with E-state index in [1.54, 1.807) is 18.2 Å². The third-order valence-electron chi connectivity index (χ3n) is 6.55. The Morgan fingerprint density at radius 3 is 2.18 bits per heavy atom. The Hall–Kier alpha value is -3.84. The summed E-state index contributed by atoms with van der Waals surface area (Å²) in [5.74, 6) is 8.20. The van der Waals surface area contributed by atoms with Crippen molar-refractivity contribution in [3.05, 3.63) is 71.5 Å². The van der Waals surface area contributed by atoms with Gasteiger partial charge in [-0.15, -0.1) is 0 Å². The fourth-order valence-electron chi connectivity index (χ4n) is 4.39. The molecule has 2 saturated heterocycles. The lowest BCUT2D eigenvalue weighted by Crippen LogP contribution is -2.36. The second-order valence-corrected chi connectivity index (χ2v) is 10.7. The Bertz CT molecular complexity index is 1300. The summed E-state index contributed by atoms with van der Waals surface area (Å²) in [6, 6.07) is 16.4. The number of likely N-dealkylation sites (tertiary alicyclic amines) is 1. The van der Waals surface area contributed by atoms with E-state index < -0.39 is 6.03 Å². The van der Waals surface area contributed by atoms with Crippen LogP contribution >= 0.6 is 0 Å². The first-order chi connectivity index (χ1) is 18.8. The molecule has 9 nitrogen and oxygen atoms in total. The summed E-state index contributed by atoms with van der Waals surface area (Å²) in [7, 11) is 0. The zero-order chi connectivity index (χ0) is 27.2. The summed E-state index contributed by atoms with van der Waals surface area (Å²) in [6.45, 7) is 10.7. The monoisotopic (exact) mass is 530 g/mol. The molecule has 3 heterocycles. The zero-order valence-electron chi connectivity index (χ0n) is 22.5. The van der Waals surface area contributed by atoms with E-state index in [9.17, 15) is 4.79 Å². The SMILES string of the molecule is CC(C)(C)c1cc(NC(=O)Nc2ccc(C#Cc3ccc(OCCN4CC5OCCOC5C4)cc3)cc2)no1. The molecule has 0 radical (unpaired) electrons. The van der Waals surface area contributed by atoms with Crippen LogP contribution < -0.4 is 15.4 Å². The molecular weight excluding hydrogens is 496 g/mol. The number of hydrogen-bond acceptors (Lipinski definition) is 7. The van der Waals surface area contributed by atoms with Crippen molar-refractivity contribution in [2.45, 2.75) is 38.4 Å². The number of fused-ring (bicyclic) bond motifs is 1. The molecule has 5 rings (SSSR count). The summed E-state index contributed by atoms with van der Waals surface area (Å²) in [5, 5.41) is 9.36. The first-order valence-electron chi connectivity index (χ1n) is 13.2. The first-order valence-corrected chi connectivity index (χ1v) is 13.2. The van der Waals surface area contributed by atoms with Crippen LogP contribution in [-0.4, -0.2) is 67.8 Å². The van der Waals surface area contributed by atoms with Gasteiger partial charge < -0.3 is 24.1 Å². The van der Waals surface area contributed by atoms with Crippen LogP contribution in [0.25, 0.3) is 0 Å². The van der Waals surface area contributed by atoms with Crippen LogP contribution in [-0.2, 0) is 14.9 Å². The largest absolute Gasteiger partial charge is 0.492 e. The van der Waals surface area contributed by atoms with Gasteiger partial charge in [0.15, 0.2) is 5.82 Å². The van der Waals surface area contributed by atoms with Gasteiger partial charge in [0.05, 0.1) is 25.4 Å². The molecule has 0 bridgehead atoms. The van der Waals surface area contributed by atoms with Crippen molar-refractivity contribution in [2.75, 3.05) is 50.1 Å².